The number of halogens is 4. The Kier molecular flexibility index (Phi) is 4.10. The second-order valence-corrected chi connectivity index (χ2v) is 5.86. The fraction of sp³-hybridized carbons (Fsp3) is 0.364. The minimum Gasteiger partial charge on any atom is -0.310 e. The van der Waals surface area contributed by atoms with Crippen molar-refractivity contribution in [2.75, 3.05) is 16.8 Å². The first kappa shape index (κ1) is 13.3. The van der Waals surface area contributed by atoms with E-state index >= 15 is 0 Å². The first-order valence-corrected chi connectivity index (χ1v) is 7.33. The number of nitrogens with zero attached hydrogens (tertiary/aromatic N) is 1. The lowest BCUT2D eigenvalue weighted by atomic mass is 10.2. The van der Waals surface area contributed by atoms with Crippen LogP contribution in [0.3, 0.4) is 0 Å². The van der Waals surface area contributed by atoms with E-state index in [1.807, 2.05) is 0 Å². The average Bonchev–Trinajstić information content (AvgIpc) is 2.59. The van der Waals surface area contributed by atoms with E-state index in [-0.39, 0.29) is 16.8 Å². The molecule has 1 heterocycles. The van der Waals surface area contributed by atoms with Gasteiger partial charge in [0, 0.05) is 22.8 Å². The Hall–Kier alpha value is -0.130. The van der Waals surface area contributed by atoms with Crippen molar-refractivity contribution in [3.8, 4) is 0 Å². The highest BCUT2D eigenvalue weighted by Crippen LogP contribution is 2.38. The number of benzene rings is 1. The van der Waals surface area contributed by atoms with E-state index in [0.717, 1.165) is 5.33 Å². The molecule has 2 nitrogen and oxygen atoms in total. The third-order valence-electron chi connectivity index (χ3n) is 2.67. The molecule has 1 aromatic carbocycles. The summed E-state index contributed by atoms with van der Waals surface area (Å²) in [6.07, 6.45) is 0.491. The van der Waals surface area contributed by atoms with Crippen molar-refractivity contribution in [1.29, 1.82) is 0 Å². The summed E-state index contributed by atoms with van der Waals surface area (Å²) >= 11 is 12.6. The van der Waals surface area contributed by atoms with Gasteiger partial charge in [-0.1, -0.05) is 27.5 Å². The van der Waals surface area contributed by atoms with Gasteiger partial charge < -0.3 is 4.90 Å². The lowest BCUT2D eigenvalue weighted by Crippen LogP contribution is -2.25. The molecule has 2 rings (SSSR count). The van der Waals surface area contributed by atoms with Crippen molar-refractivity contribution in [2.45, 2.75) is 6.42 Å². The van der Waals surface area contributed by atoms with Gasteiger partial charge in [0.25, 0.3) is 0 Å². The van der Waals surface area contributed by atoms with Gasteiger partial charge >= 0.3 is 0 Å². The molecule has 1 unspecified atom stereocenters. The summed E-state index contributed by atoms with van der Waals surface area (Å²) in [6.45, 7) is 0.605. The Morgan fingerprint density at radius 3 is 2.76 bits per heavy atom. The van der Waals surface area contributed by atoms with Crippen LogP contribution in [0.1, 0.15) is 6.42 Å². The highest BCUT2D eigenvalue weighted by atomic mass is 79.9. The van der Waals surface area contributed by atoms with Crippen LogP contribution >= 0.6 is 43.5 Å². The fourth-order valence-electron chi connectivity index (χ4n) is 1.89. The van der Waals surface area contributed by atoms with Gasteiger partial charge in [-0.05, 0) is 34.0 Å². The third kappa shape index (κ3) is 2.66. The van der Waals surface area contributed by atoms with Gasteiger partial charge in [0.1, 0.15) is 5.82 Å². The molecule has 0 saturated carbocycles. The number of hydrogen-bond donors (Lipinski definition) is 0. The smallest absolute Gasteiger partial charge is 0.227 e. The molecule has 0 bridgehead atoms. The fourth-order valence-corrected chi connectivity index (χ4v) is 3.40. The zero-order valence-electron chi connectivity index (χ0n) is 8.72. The maximum absolute atomic E-state index is 13.1. The van der Waals surface area contributed by atoms with Gasteiger partial charge in [0.2, 0.25) is 5.91 Å². The number of carbonyl (C=O) groups is 1. The van der Waals surface area contributed by atoms with Crippen LogP contribution in [0.15, 0.2) is 16.6 Å². The standard InChI is InChI=1S/C11H9Br2ClFNO/c12-4-6-1-10(17)16(5-6)11-8(13)2-7(15)3-9(11)14/h2-3,6H,1,4-5H2. The van der Waals surface area contributed by atoms with Crippen LogP contribution in [0.4, 0.5) is 10.1 Å². The topological polar surface area (TPSA) is 20.3 Å². The number of anilines is 1. The summed E-state index contributed by atoms with van der Waals surface area (Å²) in [7, 11) is 0. The first-order chi connectivity index (χ1) is 8.02. The number of hydrogen-bond acceptors (Lipinski definition) is 1. The molecule has 1 atom stereocenters. The molecule has 17 heavy (non-hydrogen) atoms. The summed E-state index contributed by atoms with van der Waals surface area (Å²) in [5.41, 5.74) is 0.557. The van der Waals surface area contributed by atoms with Crippen molar-refractivity contribution in [3.63, 3.8) is 0 Å². The molecule has 1 saturated heterocycles. The molecule has 0 aromatic heterocycles. The van der Waals surface area contributed by atoms with Gasteiger partial charge in [0.05, 0.1) is 10.7 Å². The van der Waals surface area contributed by atoms with E-state index in [9.17, 15) is 9.18 Å². The van der Waals surface area contributed by atoms with Gasteiger partial charge in [-0.15, -0.1) is 0 Å². The molecule has 0 N–H and O–H groups in total. The highest BCUT2D eigenvalue weighted by Gasteiger charge is 2.32. The minimum absolute atomic E-state index is 0.0173. The molecule has 1 aliphatic heterocycles. The molecule has 1 aromatic rings. The van der Waals surface area contributed by atoms with Crippen molar-refractivity contribution in [2.24, 2.45) is 5.92 Å². The molecule has 1 aliphatic rings. The Labute approximate surface area is 120 Å². The summed E-state index contributed by atoms with van der Waals surface area (Å²) < 4.78 is 13.6. The second-order valence-electron chi connectivity index (χ2n) is 3.95. The Bertz CT molecular complexity index is 446. The van der Waals surface area contributed by atoms with Crippen molar-refractivity contribution in [1.82, 2.24) is 0 Å². The molecule has 92 valence electrons. The van der Waals surface area contributed by atoms with Crippen LogP contribution in [-0.4, -0.2) is 17.8 Å². The van der Waals surface area contributed by atoms with Crippen molar-refractivity contribution in [3.05, 3.63) is 27.4 Å². The second kappa shape index (κ2) is 5.24. The van der Waals surface area contributed by atoms with Gasteiger partial charge in [-0.25, -0.2) is 4.39 Å². The van der Waals surface area contributed by atoms with Crippen molar-refractivity contribution >= 4 is 55.1 Å². The SMILES string of the molecule is O=C1CC(CBr)CN1c1c(Cl)cc(F)cc1Br. The zero-order valence-corrected chi connectivity index (χ0v) is 12.6. The van der Waals surface area contributed by atoms with E-state index in [1.165, 1.54) is 12.1 Å². The molecule has 0 spiro atoms. The molecular formula is C11H9Br2ClFNO. The maximum Gasteiger partial charge on any atom is 0.227 e. The van der Waals surface area contributed by atoms with Crippen LogP contribution in [0.2, 0.25) is 5.02 Å². The van der Waals surface area contributed by atoms with E-state index < -0.39 is 5.82 Å². The van der Waals surface area contributed by atoms with Crippen LogP contribution < -0.4 is 4.90 Å². The zero-order chi connectivity index (χ0) is 12.6. The molecule has 6 heteroatoms. The largest absolute Gasteiger partial charge is 0.310 e. The molecular weight excluding hydrogens is 376 g/mol. The summed E-state index contributed by atoms with van der Waals surface area (Å²) in [6, 6.07) is 2.53. The van der Waals surface area contributed by atoms with E-state index in [2.05, 4.69) is 31.9 Å². The Balaban J connectivity index is 2.38. The van der Waals surface area contributed by atoms with Gasteiger partial charge in [0.15, 0.2) is 0 Å². The van der Waals surface area contributed by atoms with E-state index in [1.54, 1.807) is 4.90 Å². The Morgan fingerprint density at radius 2 is 2.24 bits per heavy atom. The number of rotatable bonds is 2. The van der Waals surface area contributed by atoms with Gasteiger partial charge in [-0.2, -0.15) is 0 Å². The maximum atomic E-state index is 13.1. The van der Waals surface area contributed by atoms with Crippen LogP contribution in [0.5, 0.6) is 0 Å². The lowest BCUT2D eigenvalue weighted by molar-refractivity contribution is -0.117. The lowest BCUT2D eigenvalue weighted by Gasteiger charge is -2.19. The highest BCUT2D eigenvalue weighted by molar-refractivity contribution is 9.10. The average molecular weight is 385 g/mol. The third-order valence-corrected chi connectivity index (χ3v) is 4.48. The molecule has 1 amide bonds. The van der Waals surface area contributed by atoms with Crippen LogP contribution in [0.25, 0.3) is 0 Å². The number of alkyl halides is 1. The quantitative estimate of drug-likeness (QED) is 0.705. The first-order valence-electron chi connectivity index (χ1n) is 5.03. The van der Waals surface area contributed by atoms with Crippen LogP contribution in [-0.2, 0) is 4.79 Å². The molecule has 0 aliphatic carbocycles. The predicted molar refractivity (Wildman–Crippen MR) is 73.4 cm³/mol. The normalized spacial score (nSPS) is 20.1. The van der Waals surface area contributed by atoms with Crippen LogP contribution in [0, 0.1) is 11.7 Å². The van der Waals surface area contributed by atoms with Crippen molar-refractivity contribution < 1.29 is 9.18 Å². The summed E-state index contributed by atoms with van der Waals surface area (Å²) in [5.74, 6) is -0.131. The Morgan fingerprint density at radius 1 is 1.53 bits per heavy atom. The van der Waals surface area contributed by atoms with E-state index in [4.69, 9.17) is 11.6 Å². The minimum atomic E-state index is -0.422. The molecule has 0 radical (unpaired) electrons. The predicted octanol–water partition coefficient (Wildman–Crippen LogP) is 3.99. The number of carbonyl (C=O) groups excluding carboxylic acids is 1. The number of amides is 1. The summed E-state index contributed by atoms with van der Waals surface area (Å²) in [4.78, 5) is 13.5. The van der Waals surface area contributed by atoms with Gasteiger partial charge in [-0.3, -0.25) is 4.79 Å². The molecule has 1 fully saturated rings. The van der Waals surface area contributed by atoms with E-state index in [0.29, 0.717) is 23.1 Å². The summed E-state index contributed by atoms with van der Waals surface area (Å²) in [5, 5.41) is 1.02. The monoisotopic (exact) mass is 383 g/mol.